The van der Waals surface area contributed by atoms with Crippen molar-refractivity contribution in [3.63, 3.8) is 0 Å². The number of nitrogens with zero attached hydrogens (tertiary/aromatic N) is 3. The van der Waals surface area contributed by atoms with Crippen molar-refractivity contribution in [3.05, 3.63) is 36.0 Å². The third kappa shape index (κ3) is 6.04. The van der Waals surface area contributed by atoms with Gasteiger partial charge in [-0.3, -0.25) is 0 Å². The first-order valence-electron chi connectivity index (χ1n) is 9.19. The number of urea groups is 2. The largest absolute Gasteiger partial charge is 0.384 e. The Morgan fingerprint density at radius 1 is 1.27 bits per heavy atom. The summed E-state index contributed by atoms with van der Waals surface area (Å²) in [5, 5.41) is 8.08. The second-order valence-electron chi connectivity index (χ2n) is 6.86. The number of benzene rings is 1. The van der Waals surface area contributed by atoms with Crippen LogP contribution in [0.15, 0.2) is 30.3 Å². The van der Waals surface area contributed by atoms with Crippen molar-refractivity contribution in [2.24, 2.45) is 0 Å². The van der Waals surface area contributed by atoms with E-state index in [-0.39, 0.29) is 17.6 Å². The van der Waals surface area contributed by atoms with Gasteiger partial charge in [0.1, 0.15) is 5.82 Å². The summed E-state index contributed by atoms with van der Waals surface area (Å²) >= 11 is 0. The van der Waals surface area contributed by atoms with Gasteiger partial charge in [0.15, 0.2) is 15.7 Å². The smallest absolute Gasteiger partial charge is 0.319 e. The second kappa shape index (κ2) is 8.95. The van der Waals surface area contributed by atoms with Gasteiger partial charge in [-0.15, -0.1) is 0 Å². The number of carbonyl (C=O) groups excluding carboxylic acids is 2. The number of anilines is 2. The number of sulfone groups is 1. The molecule has 0 saturated carbocycles. The third-order valence-electron chi connectivity index (χ3n) is 4.22. The first-order valence-corrected chi connectivity index (χ1v) is 11.2. The molecule has 0 unspecified atom stereocenters. The summed E-state index contributed by atoms with van der Waals surface area (Å²) in [6.07, 6.45) is 1.12. The lowest BCUT2D eigenvalue weighted by atomic mass is 10.2. The minimum atomic E-state index is -3.25. The van der Waals surface area contributed by atoms with Crippen molar-refractivity contribution in [2.45, 2.75) is 5.75 Å². The molecule has 12 heteroatoms. The lowest BCUT2D eigenvalue weighted by molar-refractivity contribution is 0.216. The van der Waals surface area contributed by atoms with Gasteiger partial charge in [0.2, 0.25) is 0 Å². The highest BCUT2D eigenvalue weighted by molar-refractivity contribution is 7.89. The Morgan fingerprint density at radius 3 is 2.63 bits per heavy atom. The Kier molecular flexibility index (Phi) is 6.35. The number of amides is 4. The maximum atomic E-state index is 12.0. The van der Waals surface area contributed by atoms with E-state index >= 15 is 0 Å². The Morgan fingerprint density at radius 2 is 2.00 bits per heavy atom. The summed E-state index contributed by atoms with van der Waals surface area (Å²) in [4.78, 5) is 33.5. The SMILES string of the molecule is CS(=O)(=O)Cc1cc(N)nc(-c2ccc(NC(=O)NCCN3CCNC3=O)cc2)n1. The van der Waals surface area contributed by atoms with Gasteiger partial charge in [0.05, 0.1) is 11.4 Å². The van der Waals surface area contributed by atoms with Crippen LogP contribution < -0.4 is 21.7 Å². The molecule has 11 nitrogen and oxygen atoms in total. The zero-order valence-electron chi connectivity index (χ0n) is 16.4. The standard InChI is InChI=1S/C18H23N7O4S/c1-30(28,29)11-14-10-15(19)24-16(22-14)12-2-4-13(5-3-12)23-17(26)20-6-8-25-9-7-21-18(25)27/h2-5,10H,6-9,11H2,1H3,(H,21,27)(H2,19,22,24)(H2,20,23,26). The van der Waals surface area contributed by atoms with E-state index in [1.54, 1.807) is 29.2 Å². The van der Waals surface area contributed by atoms with Crippen molar-refractivity contribution in [2.75, 3.05) is 43.5 Å². The van der Waals surface area contributed by atoms with E-state index in [1.165, 1.54) is 6.07 Å². The van der Waals surface area contributed by atoms with E-state index in [1.807, 2.05) is 0 Å². The number of hydrogen-bond acceptors (Lipinski definition) is 7. The molecule has 1 saturated heterocycles. The molecule has 2 heterocycles. The van der Waals surface area contributed by atoms with Crippen molar-refractivity contribution in [1.29, 1.82) is 0 Å². The molecule has 160 valence electrons. The van der Waals surface area contributed by atoms with Crippen LogP contribution in [-0.4, -0.2) is 67.8 Å². The zero-order chi connectivity index (χ0) is 21.7. The lowest BCUT2D eigenvalue weighted by Gasteiger charge is -2.14. The monoisotopic (exact) mass is 433 g/mol. The maximum absolute atomic E-state index is 12.0. The predicted octanol–water partition coefficient (Wildman–Crippen LogP) is 0.417. The Bertz CT molecular complexity index is 1040. The summed E-state index contributed by atoms with van der Waals surface area (Å²) in [7, 11) is -3.25. The van der Waals surface area contributed by atoms with Crippen LogP contribution in [0.2, 0.25) is 0 Å². The van der Waals surface area contributed by atoms with Gasteiger partial charge >= 0.3 is 12.1 Å². The average Bonchev–Trinajstić information content (AvgIpc) is 3.05. The zero-order valence-corrected chi connectivity index (χ0v) is 17.2. The molecule has 1 fully saturated rings. The number of nitrogen functional groups attached to an aromatic ring is 1. The Hall–Kier alpha value is -3.41. The average molecular weight is 433 g/mol. The highest BCUT2D eigenvalue weighted by Crippen LogP contribution is 2.20. The summed E-state index contributed by atoms with van der Waals surface area (Å²) in [6.45, 7) is 2.00. The summed E-state index contributed by atoms with van der Waals surface area (Å²) in [5.74, 6) is 0.242. The van der Waals surface area contributed by atoms with E-state index in [0.29, 0.717) is 48.9 Å². The first kappa shape index (κ1) is 21.3. The molecule has 1 aromatic carbocycles. The molecule has 0 atom stereocenters. The molecule has 4 amide bonds. The molecular weight excluding hydrogens is 410 g/mol. The van der Waals surface area contributed by atoms with Crippen LogP contribution in [0.4, 0.5) is 21.1 Å². The Balaban J connectivity index is 1.58. The van der Waals surface area contributed by atoms with Gasteiger partial charge in [-0.05, 0) is 24.3 Å². The summed E-state index contributed by atoms with van der Waals surface area (Å²) < 4.78 is 23.0. The van der Waals surface area contributed by atoms with E-state index in [0.717, 1.165) is 6.26 Å². The fraction of sp³-hybridized carbons (Fsp3) is 0.333. The van der Waals surface area contributed by atoms with Crippen molar-refractivity contribution in [1.82, 2.24) is 25.5 Å². The van der Waals surface area contributed by atoms with Gasteiger partial charge in [0, 0.05) is 49.8 Å². The molecule has 1 aromatic heterocycles. The third-order valence-corrected chi connectivity index (χ3v) is 5.04. The lowest BCUT2D eigenvalue weighted by Crippen LogP contribution is -2.38. The molecule has 0 spiro atoms. The van der Waals surface area contributed by atoms with Gasteiger partial charge in [-0.2, -0.15) is 0 Å². The first-order chi connectivity index (χ1) is 14.2. The van der Waals surface area contributed by atoms with Crippen LogP contribution >= 0.6 is 0 Å². The number of hydrogen-bond donors (Lipinski definition) is 4. The molecule has 0 radical (unpaired) electrons. The van der Waals surface area contributed by atoms with Crippen LogP contribution in [0.5, 0.6) is 0 Å². The molecule has 1 aliphatic heterocycles. The molecule has 30 heavy (non-hydrogen) atoms. The van der Waals surface area contributed by atoms with Crippen LogP contribution in [0.1, 0.15) is 5.69 Å². The van der Waals surface area contributed by atoms with Gasteiger partial charge in [0.25, 0.3) is 0 Å². The van der Waals surface area contributed by atoms with E-state index < -0.39 is 15.9 Å². The highest BCUT2D eigenvalue weighted by Gasteiger charge is 2.18. The molecule has 3 rings (SSSR count). The topological polar surface area (TPSA) is 159 Å². The minimum Gasteiger partial charge on any atom is -0.384 e. The van der Waals surface area contributed by atoms with Crippen molar-refractivity contribution in [3.8, 4) is 11.4 Å². The molecule has 1 aliphatic rings. The number of nitrogens with two attached hydrogens (primary N) is 1. The van der Waals surface area contributed by atoms with Gasteiger partial charge < -0.3 is 26.6 Å². The molecule has 2 aromatic rings. The summed E-state index contributed by atoms with van der Waals surface area (Å²) in [6, 6.07) is 7.65. The molecular formula is C18H23N7O4S. The van der Waals surface area contributed by atoms with Crippen LogP contribution in [0.3, 0.4) is 0 Å². The maximum Gasteiger partial charge on any atom is 0.319 e. The number of carbonyl (C=O) groups is 2. The molecule has 5 N–H and O–H groups in total. The quantitative estimate of drug-likeness (QED) is 0.492. The number of rotatable bonds is 7. The highest BCUT2D eigenvalue weighted by atomic mass is 32.2. The number of nitrogens with one attached hydrogen (secondary N) is 3. The van der Waals surface area contributed by atoms with E-state index in [2.05, 4.69) is 25.9 Å². The van der Waals surface area contributed by atoms with Crippen molar-refractivity contribution >= 4 is 33.4 Å². The van der Waals surface area contributed by atoms with Gasteiger partial charge in [-0.1, -0.05) is 0 Å². The molecule has 0 aliphatic carbocycles. The minimum absolute atomic E-state index is 0.128. The molecule has 0 bridgehead atoms. The van der Waals surface area contributed by atoms with Crippen LogP contribution in [0.25, 0.3) is 11.4 Å². The van der Waals surface area contributed by atoms with Crippen molar-refractivity contribution < 1.29 is 18.0 Å². The van der Waals surface area contributed by atoms with Crippen LogP contribution in [0, 0.1) is 0 Å². The Labute approximate surface area is 174 Å². The fourth-order valence-corrected chi connectivity index (χ4v) is 3.58. The number of aromatic nitrogens is 2. The fourth-order valence-electron chi connectivity index (χ4n) is 2.90. The van der Waals surface area contributed by atoms with E-state index in [9.17, 15) is 18.0 Å². The second-order valence-corrected chi connectivity index (χ2v) is 9.00. The van der Waals surface area contributed by atoms with E-state index in [4.69, 9.17) is 5.73 Å². The van der Waals surface area contributed by atoms with Crippen LogP contribution in [-0.2, 0) is 15.6 Å². The normalized spacial score (nSPS) is 13.8. The van der Waals surface area contributed by atoms with Gasteiger partial charge in [-0.25, -0.2) is 28.0 Å². The predicted molar refractivity (Wildman–Crippen MR) is 112 cm³/mol. The summed E-state index contributed by atoms with van der Waals surface area (Å²) in [5.41, 5.74) is 7.26.